The van der Waals surface area contributed by atoms with E-state index in [1.807, 2.05) is 0 Å². The van der Waals surface area contributed by atoms with Crippen molar-refractivity contribution in [1.82, 2.24) is 0 Å². The summed E-state index contributed by atoms with van der Waals surface area (Å²) in [6.07, 6.45) is 1.10. The first kappa shape index (κ1) is 10.9. The van der Waals surface area contributed by atoms with E-state index in [1.54, 1.807) is 12.1 Å². The van der Waals surface area contributed by atoms with Gasteiger partial charge in [-0.25, -0.2) is 4.39 Å². The van der Waals surface area contributed by atoms with Crippen LogP contribution in [0.2, 0.25) is 0 Å². The molecule has 1 aromatic rings. The zero-order valence-electron chi connectivity index (χ0n) is 8.42. The second-order valence-electron chi connectivity index (χ2n) is 3.93. The van der Waals surface area contributed by atoms with Crippen LogP contribution in [0.15, 0.2) is 22.7 Å². The quantitative estimate of drug-likeness (QED) is 0.896. The summed E-state index contributed by atoms with van der Waals surface area (Å²) in [5.41, 5.74) is 6.57. The smallest absolute Gasteiger partial charge is 0.125 e. The number of hydrogen-bond donors (Lipinski definition) is 1. The summed E-state index contributed by atoms with van der Waals surface area (Å²) in [6, 6.07) is 4.79. The molecule has 0 bridgehead atoms. The van der Waals surface area contributed by atoms with Crippen molar-refractivity contribution in [3.05, 3.63) is 28.5 Å². The van der Waals surface area contributed by atoms with E-state index in [4.69, 9.17) is 5.73 Å². The number of halogens is 2. The molecule has 1 unspecified atom stereocenters. The molecule has 15 heavy (non-hydrogen) atoms. The topological polar surface area (TPSA) is 29.3 Å². The van der Waals surface area contributed by atoms with E-state index in [-0.39, 0.29) is 5.82 Å². The Morgan fingerprint density at radius 2 is 2.33 bits per heavy atom. The predicted molar refractivity (Wildman–Crippen MR) is 63.5 cm³/mol. The molecule has 4 heteroatoms. The molecule has 0 spiro atoms. The van der Waals surface area contributed by atoms with Crippen LogP contribution in [0.5, 0.6) is 0 Å². The van der Waals surface area contributed by atoms with Crippen LogP contribution in [-0.2, 0) is 0 Å². The van der Waals surface area contributed by atoms with Gasteiger partial charge in [0.25, 0.3) is 0 Å². The average Bonchev–Trinajstić information content (AvgIpc) is 2.70. The van der Waals surface area contributed by atoms with Crippen LogP contribution in [-0.4, -0.2) is 19.6 Å². The Kier molecular flexibility index (Phi) is 3.26. The van der Waals surface area contributed by atoms with Crippen molar-refractivity contribution in [2.75, 3.05) is 24.5 Å². The zero-order chi connectivity index (χ0) is 10.8. The molecular formula is C11H14BrFN2. The van der Waals surface area contributed by atoms with Gasteiger partial charge in [0.15, 0.2) is 0 Å². The van der Waals surface area contributed by atoms with Gasteiger partial charge in [-0.2, -0.15) is 0 Å². The van der Waals surface area contributed by atoms with Gasteiger partial charge in [0.1, 0.15) is 5.82 Å². The first-order valence-corrected chi connectivity index (χ1v) is 5.90. The Balaban J connectivity index is 2.19. The fourth-order valence-corrected chi connectivity index (χ4v) is 2.47. The normalized spacial score (nSPS) is 21.0. The third kappa shape index (κ3) is 2.32. The molecule has 0 aromatic heterocycles. The van der Waals surface area contributed by atoms with Crippen LogP contribution >= 0.6 is 15.9 Å². The lowest BCUT2D eigenvalue weighted by atomic mass is 10.1. The van der Waals surface area contributed by atoms with Crippen molar-refractivity contribution in [1.29, 1.82) is 0 Å². The lowest BCUT2D eigenvalue weighted by molar-refractivity contribution is 0.602. The van der Waals surface area contributed by atoms with Gasteiger partial charge in [0, 0.05) is 17.6 Å². The first-order valence-electron chi connectivity index (χ1n) is 5.11. The van der Waals surface area contributed by atoms with Crippen molar-refractivity contribution < 1.29 is 4.39 Å². The number of rotatable bonds is 2. The van der Waals surface area contributed by atoms with Crippen molar-refractivity contribution in [3.63, 3.8) is 0 Å². The van der Waals surface area contributed by atoms with Crippen LogP contribution in [0, 0.1) is 11.7 Å². The molecule has 0 aliphatic carbocycles. The van der Waals surface area contributed by atoms with Gasteiger partial charge in [-0.05, 0) is 53.0 Å². The molecule has 1 aromatic carbocycles. The van der Waals surface area contributed by atoms with Crippen molar-refractivity contribution in [3.8, 4) is 0 Å². The summed E-state index contributed by atoms with van der Waals surface area (Å²) >= 11 is 3.44. The fourth-order valence-electron chi connectivity index (χ4n) is 1.97. The van der Waals surface area contributed by atoms with E-state index in [0.717, 1.165) is 29.7 Å². The highest BCUT2D eigenvalue weighted by Gasteiger charge is 2.22. The molecule has 2 nitrogen and oxygen atoms in total. The van der Waals surface area contributed by atoms with Gasteiger partial charge < -0.3 is 10.6 Å². The maximum absolute atomic E-state index is 13.1. The molecule has 1 aliphatic heterocycles. The highest BCUT2D eigenvalue weighted by atomic mass is 79.9. The van der Waals surface area contributed by atoms with Gasteiger partial charge in [-0.15, -0.1) is 0 Å². The predicted octanol–water partition coefficient (Wildman–Crippen LogP) is 2.37. The molecule has 2 rings (SSSR count). The Morgan fingerprint density at radius 1 is 1.53 bits per heavy atom. The highest BCUT2D eigenvalue weighted by molar-refractivity contribution is 9.10. The number of anilines is 1. The number of benzene rings is 1. The third-order valence-corrected chi connectivity index (χ3v) is 3.54. The monoisotopic (exact) mass is 272 g/mol. The van der Waals surface area contributed by atoms with E-state index in [1.165, 1.54) is 6.07 Å². The number of hydrogen-bond acceptors (Lipinski definition) is 2. The molecular weight excluding hydrogens is 259 g/mol. The Hall–Kier alpha value is -0.610. The molecule has 2 N–H and O–H groups in total. The minimum absolute atomic E-state index is 0.190. The molecule has 0 saturated carbocycles. The average molecular weight is 273 g/mol. The molecule has 82 valence electrons. The van der Waals surface area contributed by atoms with Gasteiger partial charge >= 0.3 is 0 Å². The van der Waals surface area contributed by atoms with Gasteiger partial charge in [-0.1, -0.05) is 0 Å². The molecule has 0 radical (unpaired) electrons. The summed E-state index contributed by atoms with van der Waals surface area (Å²) in [6.45, 7) is 2.60. The van der Waals surface area contributed by atoms with Crippen molar-refractivity contribution in [2.45, 2.75) is 6.42 Å². The second kappa shape index (κ2) is 4.49. The van der Waals surface area contributed by atoms with Crippen molar-refractivity contribution >= 4 is 21.6 Å². The highest BCUT2D eigenvalue weighted by Crippen LogP contribution is 2.30. The molecule has 1 heterocycles. The van der Waals surface area contributed by atoms with Gasteiger partial charge in [-0.3, -0.25) is 0 Å². The number of nitrogens with zero attached hydrogens (tertiary/aromatic N) is 1. The maximum Gasteiger partial charge on any atom is 0.125 e. The summed E-state index contributed by atoms with van der Waals surface area (Å²) in [5, 5.41) is 0. The molecule has 0 amide bonds. The fraction of sp³-hybridized carbons (Fsp3) is 0.455. The van der Waals surface area contributed by atoms with Crippen LogP contribution in [0.3, 0.4) is 0 Å². The second-order valence-corrected chi connectivity index (χ2v) is 4.79. The Morgan fingerprint density at radius 3 is 3.00 bits per heavy atom. The van der Waals surface area contributed by atoms with E-state index in [9.17, 15) is 4.39 Å². The van der Waals surface area contributed by atoms with E-state index < -0.39 is 0 Å². The molecule has 1 aliphatic rings. The molecule has 1 fully saturated rings. The third-order valence-electron chi connectivity index (χ3n) is 2.87. The maximum atomic E-state index is 13.1. The van der Waals surface area contributed by atoms with Crippen LogP contribution < -0.4 is 10.6 Å². The largest absolute Gasteiger partial charge is 0.370 e. The standard InChI is InChI=1S/C11H14BrFN2/c12-10-2-1-9(13)5-11(10)15-4-3-8(6-14)7-15/h1-2,5,8H,3-4,6-7,14H2. The van der Waals surface area contributed by atoms with Gasteiger partial charge in [0.05, 0.1) is 5.69 Å². The minimum Gasteiger partial charge on any atom is -0.370 e. The van der Waals surface area contributed by atoms with E-state index in [2.05, 4.69) is 20.8 Å². The summed E-state index contributed by atoms with van der Waals surface area (Å²) in [7, 11) is 0. The lowest BCUT2D eigenvalue weighted by Crippen LogP contribution is -2.23. The number of nitrogens with two attached hydrogens (primary N) is 1. The SMILES string of the molecule is NCC1CCN(c2cc(F)ccc2Br)C1. The molecule has 1 atom stereocenters. The summed E-state index contributed by atoms with van der Waals surface area (Å²) in [4.78, 5) is 2.19. The van der Waals surface area contributed by atoms with E-state index in [0.29, 0.717) is 12.5 Å². The summed E-state index contributed by atoms with van der Waals surface area (Å²) in [5.74, 6) is 0.351. The molecule has 1 saturated heterocycles. The minimum atomic E-state index is -0.190. The zero-order valence-corrected chi connectivity index (χ0v) is 10.0. The lowest BCUT2D eigenvalue weighted by Gasteiger charge is -2.20. The first-order chi connectivity index (χ1) is 7.20. The Labute approximate surface area is 97.4 Å². The van der Waals surface area contributed by atoms with Crippen LogP contribution in [0.4, 0.5) is 10.1 Å². The van der Waals surface area contributed by atoms with Crippen molar-refractivity contribution in [2.24, 2.45) is 11.7 Å². The van der Waals surface area contributed by atoms with E-state index >= 15 is 0 Å². The summed E-state index contributed by atoms with van der Waals surface area (Å²) < 4.78 is 14.1. The van der Waals surface area contributed by atoms with Crippen LogP contribution in [0.1, 0.15) is 6.42 Å². The van der Waals surface area contributed by atoms with Crippen LogP contribution in [0.25, 0.3) is 0 Å². The Bertz CT molecular complexity index is 356. The van der Waals surface area contributed by atoms with Gasteiger partial charge in [0.2, 0.25) is 0 Å².